The van der Waals surface area contributed by atoms with Crippen LogP contribution in [0.3, 0.4) is 0 Å². The van der Waals surface area contributed by atoms with Crippen molar-refractivity contribution in [3.8, 4) is 0 Å². The van der Waals surface area contributed by atoms with Gasteiger partial charge in [0, 0.05) is 31.7 Å². The number of thiazole rings is 1. The van der Waals surface area contributed by atoms with Crippen molar-refractivity contribution in [3.63, 3.8) is 0 Å². The first kappa shape index (κ1) is 17.0. The monoisotopic (exact) mass is 365 g/mol. The molecule has 0 aliphatic carbocycles. The molecule has 0 saturated carbocycles. The minimum Gasteiger partial charge on any atom is -0.345 e. The highest BCUT2D eigenvalue weighted by Crippen LogP contribution is 2.31. The lowest BCUT2D eigenvalue weighted by atomic mass is 10.0. The van der Waals surface area contributed by atoms with Gasteiger partial charge in [0.2, 0.25) is 0 Å². The lowest BCUT2D eigenvalue weighted by Crippen LogP contribution is -2.48. The van der Waals surface area contributed by atoms with E-state index < -0.39 is 0 Å². The van der Waals surface area contributed by atoms with Gasteiger partial charge in [-0.15, -0.1) is 0 Å². The van der Waals surface area contributed by atoms with E-state index in [1.165, 1.54) is 10.3 Å². The van der Waals surface area contributed by atoms with Gasteiger partial charge in [-0.2, -0.15) is 0 Å². The lowest BCUT2D eigenvalue weighted by molar-refractivity contribution is 0.0746. The van der Waals surface area contributed by atoms with Gasteiger partial charge < -0.3 is 9.80 Å². The quantitative estimate of drug-likeness (QED) is 0.683. The molecule has 0 radical (unpaired) electrons. The molecule has 1 aliphatic heterocycles. The number of anilines is 1. The SMILES string of the molecule is Cc1ccc(C)c(C(=O)N2CCN(c3nc4c(C)cccc4s3)CC2)c1. The second-order valence-electron chi connectivity index (χ2n) is 7.02. The van der Waals surface area contributed by atoms with E-state index in [2.05, 4.69) is 36.1 Å². The number of rotatable bonds is 2. The van der Waals surface area contributed by atoms with Crippen LogP contribution in [0.5, 0.6) is 0 Å². The zero-order valence-corrected chi connectivity index (χ0v) is 16.3. The highest BCUT2D eigenvalue weighted by atomic mass is 32.1. The van der Waals surface area contributed by atoms with Gasteiger partial charge in [0.05, 0.1) is 10.2 Å². The number of aromatic nitrogens is 1. The van der Waals surface area contributed by atoms with Gasteiger partial charge in [0.15, 0.2) is 5.13 Å². The summed E-state index contributed by atoms with van der Waals surface area (Å²) < 4.78 is 1.23. The van der Waals surface area contributed by atoms with E-state index in [9.17, 15) is 4.79 Å². The molecule has 134 valence electrons. The Hall–Kier alpha value is -2.40. The maximum Gasteiger partial charge on any atom is 0.254 e. The largest absolute Gasteiger partial charge is 0.345 e. The van der Waals surface area contributed by atoms with Crippen molar-refractivity contribution in [2.45, 2.75) is 20.8 Å². The zero-order chi connectivity index (χ0) is 18.3. The lowest BCUT2D eigenvalue weighted by Gasteiger charge is -2.34. The number of hydrogen-bond donors (Lipinski definition) is 0. The summed E-state index contributed by atoms with van der Waals surface area (Å²) in [5, 5.41) is 1.06. The molecule has 3 aromatic rings. The maximum absolute atomic E-state index is 12.9. The molecule has 4 nitrogen and oxygen atoms in total. The van der Waals surface area contributed by atoms with Crippen molar-refractivity contribution in [2.75, 3.05) is 31.1 Å². The van der Waals surface area contributed by atoms with E-state index in [0.29, 0.717) is 0 Å². The smallest absolute Gasteiger partial charge is 0.254 e. The number of aryl methyl sites for hydroxylation is 3. The minimum absolute atomic E-state index is 0.144. The van der Waals surface area contributed by atoms with Crippen LogP contribution in [0.15, 0.2) is 36.4 Å². The van der Waals surface area contributed by atoms with Gasteiger partial charge in [-0.25, -0.2) is 4.98 Å². The van der Waals surface area contributed by atoms with Crippen LogP contribution in [0.1, 0.15) is 27.0 Å². The molecule has 0 N–H and O–H groups in total. The van der Waals surface area contributed by atoms with Gasteiger partial charge in [-0.05, 0) is 44.0 Å². The molecule has 1 amide bonds. The molecule has 1 aliphatic rings. The summed E-state index contributed by atoms with van der Waals surface area (Å²) >= 11 is 1.74. The summed E-state index contributed by atoms with van der Waals surface area (Å²) in [7, 11) is 0. The Kier molecular flexibility index (Phi) is 4.41. The van der Waals surface area contributed by atoms with Crippen LogP contribution >= 0.6 is 11.3 Å². The first-order valence-electron chi connectivity index (χ1n) is 9.00. The average molecular weight is 366 g/mol. The van der Waals surface area contributed by atoms with E-state index in [1.807, 2.05) is 30.9 Å². The van der Waals surface area contributed by atoms with Crippen molar-refractivity contribution in [3.05, 3.63) is 58.7 Å². The number of hydrogen-bond acceptors (Lipinski definition) is 4. The molecule has 2 aromatic carbocycles. The highest BCUT2D eigenvalue weighted by molar-refractivity contribution is 7.22. The Bertz CT molecular complexity index is 971. The van der Waals surface area contributed by atoms with E-state index in [0.717, 1.165) is 53.5 Å². The predicted octanol–water partition coefficient (Wildman–Crippen LogP) is 4.18. The second kappa shape index (κ2) is 6.72. The Balaban J connectivity index is 1.49. The molecule has 1 fully saturated rings. The van der Waals surface area contributed by atoms with Crippen LogP contribution in [-0.4, -0.2) is 42.0 Å². The molecule has 1 aromatic heterocycles. The molecule has 0 bridgehead atoms. The predicted molar refractivity (Wildman–Crippen MR) is 108 cm³/mol. The first-order valence-corrected chi connectivity index (χ1v) is 9.82. The molecular formula is C21H23N3OS. The minimum atomic E-state index is 0.144. The molecule has 5 heteroatoms. The topological polar surface area (TPSA) is 36.4 Å². The number of nitrogens with zero attached hydrogens (tertiary/aromatic N) is 3. The van der Waals surface area contributed by atoms with Crippen LogP contribution in [0.4, 0.5) is 5.13 Å². The molecule has 0 spiro atoms. The maximum atomic E-state index is 12.9. The molecule has 26 heavy (non-hydrogen) atoms. The van der Waals surface area contributed by atoms with Crippen LogP contribution in [0.2, 0.25) is 0 Å². The Morgan fingerprint density at radius 2 is 1.77 bits per heavy atom. The molecule has 0 unspecified atom stereocenters. The van der Waals surface area contributed by atoms with Crippen molar-refractivity contribution in [1.29, 1.82) is 0 Å². The molecule has 0 atom stereocenters. The van der Waals surface area contributed by atoms with Gasteiger partial charge >= 0.3 is 0 Å². The fraction of sp³-hybridized carbons (Fsp3) is 0.333. The Labute approximate surface area is 158 Å². The van der Waals surface area contributed by atoms with Gasteiger partial charge in [-0.1, -0.05) is 41.2 Å². The number of amides is 1. The van der Waals surface area contributed by atoms with Crippen LogP contribution < -0.4 is 4.90 Å². The summed E-state index contributed by atoms with van der Waals surface area (Å²) in [4.78, 5) is 22.0. The summed E-state index contributed by atoms with van der Waals surface area (Å²) in [5.74, 6) is 0.144. The standard InChI is InChI=1S/C21H23N3OS/c1-14-7-8-15(2)17(13-14)20(25)23-9-11-24(12-10-23)21-22-19-16(3)5-4-6-18(19)26-21/h4-8,13H,9-12H2,1-3H3. The van der Waals surface area contributed by atoms with E-state index >= 15 is 0 Å². The van der Waals surface area contributed by atoms with Crippen molar-refractivity contribution in [2.24, 2.45) is 0 Å². The first-order chi connectivity index (χ1) is 12.5. The molecule has 2 heterocycles. The van der Waals surface area contributed by atoms with E-state index in [-0.39, 0.29) is 5.91 Å². The normalized spacial score (nSPS) is 14.9. The number of piperazine rings is 1. The van der Waals surface area contributed by atoms with E-state index in [1.54, 1.807) is 11.3 Å². The summed E-state index contributed by atoms with van der Waals surface area (Å²) in [6.07, 6.45) is 0. The third-order valence-electron chi connectivity index (χ3n) is 5.07. The van der Waals surface area contributed by atoms with Crippen molar-refractivity contribution < 1.29 is 4.79 Å². The molecule has 4 rings (SSSR count). The molecule has 1 saturated heterocycles. The van der Waals surface area contributed by atoms with Gasteiger partial charge in [-0.3, -0.25) is 4.79 Å². The fourth-order valence-corrected chi connectivity index (χ4v) is 4.54. The molecular weight excluding hydrogens is 342 g/mol. The number of carbonyl (C=O) groups excluding carboxylic acids is 1. The third-order valence-corrected chi connectivity index (χ3v) is 6.15. The Morgan fingerprint density at radius 3 is 2.50 bits per heavy atom. The van der Waals surface area contributed by atoms with Gasteiger partial charge in [0.25, 0.3) is 5.91 Å². The number of carbonyl (C=O) groups is 1. The number of fused-ring (bicyclic) bond motifs is 1. The van der Waals surface area contributed by atoms with Gasteiger partial charge in [0.1, 0.15) is 0 Å². The van der Waals surface area contributed by atoms with Crippen molar-refractivity contribution in [1.82, 2.24) is 9.88 Å². The average Bonchev–Trinajstić information content (AvgIpc) is 3.09. The second-order valence-corrected chi connectivity index (χ2v) is 8.02. The summed E-state index contributed by atoms with van der Waals surface area (Å²) in [5.41, 5.74) is 5.32. The van der Waals surface area contributed by atoms with E-state index in [4.69, 9.17) is 4.98 Å². The van der Waals surface area contributed by atoms with Crippen LogP contribution in [-0.2, 0) is 0 Å². The fourth-order valence-electron chi connectivity index (χ4n) is 3.45. The van der Waals surface area contributed by atoms with Crippen molar-refractivity contribution >= 4 is 32.6 Å². The highest BCUT2D eigenvalue weighted by Gasteiger charge is 2.25. The van der Waals surface area contributed by atoms with Crippen LogP contribution in [0, 0.1) is 20.8 Å². The van der Waals surface area contributed by atoms with Crippen LogP contribution in [0.25, 0.3) is 10.2 Å². The number of benzene rings is 2. The third kappa shape index (κ3) is 3.07. The Morgan fingerprint density at radius 1 is 1.00 bits per heavy atom. The summed E-state index contributed by atoms with van der Waals surface area (Å²) in [6, 6.07) is 12.4. The zero-order valence-electron chi connectivity index (χ0n) is 15.5. The summed E-state index contributed by atoms with van der Waals surface area (Å²) in [6.45, 7) is 9.27. The number of para-hydroxylation sites is 1.